The molecule has 0 unspecified atom stereocenters. The summed E-state index contributed by atoms with van der Waals surface area (Å²) in [5.74, 6) is 0. The summed E-state index contributed by atoms with van der Waals surface area (Å²) in [7, 11) is 0. The Morgan fingerprint density at radius 3 is 2.79 bits per heavy atom. The van der Waals surface area contributed by atoms with E-state index in [-0.39, 0.29) is 6.10 Å². The average Bonchev–Trinajstić information content (AvgIpc) is 2.58. The van der Waals surface area contributed by atoms with Gasteiger partial charge in [0.1, 0.15) is 6.10 Å². The lowest BCUT2D eigenvalue weighted by molar-refractivity contribution is 0.0858. The van der Waals surface area contributed by atoms with Gasteiger partial charge in [-0.3, -0.25) is 0 Å². The fourth-order valence-corrected chi connectivity index (χ4v) is 1.67. The highest BCUT2D eigenvalue weighted by Crippen LogP contribution is 2.22. The van der Waals surface area contributed by atoms with Crippen molar-refractivity contribution in [3.05, 3.63) is 35.4 Å². The predicted molar refractivity (Wildman–Crippen MR) is 57.5 cm³/mol. The van der Waals surface area contributed by atoms with Crippen molar-refractivity contribution in [1.82, 2.24) is 0 Å². The first-order valence-electron chi connectivity index (χ1n) is 5.08. The number of hydrogen-bond acceptors (Lipinski definition) is 2. The Morgan fingerprint density at radius 2 is 2.00 bits per heavy atom. The summed E-state index contributed by atoms with van der Waals surface area (Å²) in [4.78, 5) is 5.27. The molecule has 1 aromatic carbocycles. The van der Waals surface area contributed by atoms with Crippen LogP contribution in [0.2, 0.25) is 0 Å². The molecule has 0 N–H and O–H groups in total. The molecule has 0 spiro atoms. The van der Waals surface area contributed by atoms with Gasteiger partial charge in [-0.25, -0.2) is 0 Å². The molecule has 1 aliphatic carbocycles. The highest BCUT2D eigenvalue weighted by Gasteiger charge is 2.17. The van der Waals surface area contributed by atoms with Gasteiger partial charge in [0.25, 0.3) is 0 Å². The first kappa shape index (κ1) is 9.25. The largest absolute Gasteiger partial charge is 0.393 e. The van der Waals surface area contributed by atoms with Crippen molar-refractivity contribution in [2.45, 2.75) is 32.8 Å². The molecule has 14 heavy (non-hydrogen) atoms. The minimum Gasteiger partial charge on any atom is -0.393 e. The molecule has 0 aromatic heterocycles. The van der Waals surface area contributed by atoms with Crippen LogP contribution in [0, 0.1) is 0 Å². The topological polar surface area (TPSA) is 21.6 Å². The smallest absolute Gasteiger partial charge is 0.122 e. The standard InChI is InChI=1S/C12H15NO/c1-9(2)14-13-12-8-7-10-5-3-4-6-11(10)12/h3-6,9H,7-8H2,1-2H3/b13-12+. The van der Waals surface area contributed by atoms with E-state index in [2.05, 4.69) is 29.4 Å². The molecule has 1 aromatic rings. The van der Waals surface area contributed by atoms with Gasteiger partial charge in [0.05, 0.1) is 5.71 Å². The molecule has 0 aliphatic heterocycles. The zero-order chi connectivity index (χ0) is 9.97. The van der Waals surface area contributed by atoms with E-state index in [0.29, 0.717) is 0 Å². The van der Waals surface area contributed by atoms with E-state index in [9.17, 15) is 0 Å². The molecule has 74 valence electrons. The quantitative estimate of drug-likeness (QED) is 0.655. The van der Waals surface area contributed by atoms with Crippen LogP contribution in [0.1, 0.15) is 31.4 Å². The maximum atomic E-state index is 5.27. The molecule has 0 heterocycles. The van der Waals surface area contributed by atoms with Crippen LogP contribution < -0.4 is 0 Å². The van der Waals surface area contributed by atoms with Crippen molar-refractivity contribution in [3.63, 3.8) is 0 Å². The Balaban J connectivity index is 2.21. The van der Waals surface area contributed by atoms with Crippen LogP contribution in [0.5, 0.6) is 0 Å². The molecule has 0 saturated heterocycles. The zero-order valence-corrected chi connectivity index (χ0v) is 8.66. The van der Waals surface area contributed by atoms with Crippen LogP contribution >= 0.6 is 0 Å². The minimum atomic E-state index is 0.162. The van der Waals surface area contributed by atoms with E-state index >= 15 is 0 Å². The molecule has 0 radical (unpaired) electrons. The van der Waals surface area contributed by atoms with Gasteiger partial charge in [0.2, 0.25) is 0 Å². The minimum absolute atomic E-state index is 0.162. The molecule has 2 rings (SSSR count). The summed E-state index contributed by atoms with van der Waals surface area (Å²) in [5, 5.41) is 4.18. The molecule has 0 bridgehead atoms. The second-order valence-corrected chi connectivity index (χ2v) is 3.85. The van der Waals surface area contributed by atoms with Crippen LogP contribution in [-0.4, -0.2) is 11.8 Å². The van der Waals surface area contributed by atoms with Gasteiger partial charge in [-0.2, -0.15) is 0 Å². The fourth-order valence-electron chi connectivity index (χ4n) is 1.67. The van der Waals surface area contributed by atoms with Gasteiger partial charge in [0.15, 0.2) is 0 Å². The molecule has 0 saturated carbocycles. The van der Waals surface area contributed by atoms with Crippen molar-refractivity contribution in [2.24, 2.45) is 5.16 Å². The number of aryl methyl sites for hydroxylation is 1. The third-order valence-corrected chi connectivity index (χ3v) is 2.33. The maximum Gasteiger partial charge on any atom is 0.122 e. The summed E-state index contributed by atoms with van der Waals surface area (Å²) in [6.07, 6.45) is 2.26. The molecular formula is C12H15NO. The Hall–Kier alpha value is -1.31. The summed E-state index contributed by atoms with van der Waals surface area (Å²) >= 11 is 0. The van der Waals surface area contributed by atoms with Crippen LogP contribution in [0.3, 0.4) is 0 Å². The number of rotatable bonds is 2. The molecular weight excluding hydrogens is 174 g/mol. The van der Waals surface area contributed by atoms with E-state index in [1.54, 1.807) is 0 Å². The second-order valence-electron chi connectivity index (χ2n) is 3.85. The summed E-state index contributed by atoms with van der Waals surface area (Å²) in [6, 6.07) is 8.40. The fraction of sp³-hybridized carbons (Fsp3) is 0.417. The molecule has 2 nitrogen and oxygen atoms in total. The van der Waals surface area contributed by atoms with Crippen molar-refractivity contribution in [2.75, 3.05) is 0 Å². The van der Waals surface area contributed by atoms with Gasteiger partial charge in [-0.1, -0.05) is 29.4 Å². The van der Waals surface area contributed by atoms with Crippen LogP contribution in [-0.2, 0) is 11.3 Å². The Labute approximate surface area is 84.6 Å². The molecule has 0 atom stereocenters. The summed E-state index contributed by atoms with van der Waals surface area (Å²) < 4.78 is 0. The number of fused-ring (bicyclic) bond motifs is 1. The molecule has 2 heteroatoms. The summed E-state index contributed by atoms with van der Waals surface area (Å²) in [5.41, 5.74) is 3.74. The van der Waals surface area contributed by atoms with Crippen LogP contribution in [0.4, 0.5) is 0 Å². The van der Waals surface area contributed by atoms with E-state index in [1.165, 1.54) is 11.1 Å². The normalized spacial score (nSPS) is 17.5. The Bertz CT molecular complexity index is 355. The van der Waals surface area contributed by atoms with E-state index in [4.69, 9.17) is 4.84 Å². The van der Waals surface area contributed by atoms with Gasteiger partial charge in [-0.05, 0) is 32.3 Å². The highest BCUT2D eigenvalue weighted by molar-refractivity contribution is 6.04. The predicted octanol–water partition coefficient (Wildman–Crippen LogP) is 2.76. The van der Waals surface area contributed by atoms with Crippen molar-refractivity contribution >= 4 is 5.71 Å². The number of benzene rings is 1. The SMILES string of the molecule is CC(C)O/N=C1\CCc2ccccc21. The first-order valence-corrected chi connectivity index (χ1v) is 5.08. The van der Waals surface area contributed by atoms with Gasteiger partial charge < -0.3 is 4.84 Å². The van der Waals surface area contributed by atoms with Crippen LogP contribution in [0.15, 0.2) is 29.4 Å². The number of oxime groups is 1. The maximum absolute atomic E-state index is 5.27. The van der Waals surface area contributed by atoms with Crippen molar-refractivity contribution in [1.29, 1.82) is 0 Å². The molecule has 1 aliphatic rings. The van der Waals surface area contributed by atoms with Gasteiger partial charge in [0, 0.05) is 5.56 Å². The third-order valence-electron chi connectivity index (χ3n) is 2.33. The molecule has 0 fully saturated rings. The Kier molecular flexibility index (Phi) is 2.53. The van der Waals surface area contributed by atoms with Gasteiger partial charge >= 0.3 is 0 Å². The number of hydrogen-bond donors (Lipinski definition) is 0. The summed E-state index contributed by atoms with van der Waals surface area (Å²) in [6.45, 7) is 3.98. The van der Waals surface area contributed by atoms with E-state index < -0.39 is 0 Å². The van der Waals surface area contributed by atoms with E-state index in [0.717, 1.165) is 18.6 Å². The molecule has 0 amide bonds. The van der Waals surface area contributed by atoms with Crippen LogP contribution in [0.25, 0.3) is 0 Å². The lowest BCUT2D eigenvalue weighted by Crippen LogP contribution is -2.01. The lowest BCUT2D eigenvalue weighted by atomic mass is 10.1. The lowest BCUT2D eigenvalue weighted by Gasteiger charge is -2.03. The zero-order valence-electron chi connectivity index (χ0n) is 8.66. The van der Waals surface area contributed by atoms with E-state index in [1.807, 2.05) is 13.8 Å². The van der Waals surface area contributed by atoms with Gasteiger partial charge in [-0.15, -0.1) is 0 Å². The first-order chi connectivity index (χ1) is 6.77. The number of nitrogens with zero attached hydrogens (tertiary/aromatic N) is 1. The average molecular weight is 189 g/mol. The third kappa shape index (κ3) is 1.79. The van der Waals surface area contributed by atoms with Crippen molar-refractivity contribution in [3.8, 4) is 0 Å². The highest BCUT2D eigenvalue weighted by atomic mass is 16.6. The van der Waals surface area contributed by atoms with Crippen molar-refractivity contribution < 1.29 is 4.84 Å². The Morgan fingerprint density at radius 1 is 1.21 bits per heavy atom. The monoisotopic (exact) mass is 189 g/mol. The second kappa shape index (κ2) is 3.82.